The fraction of sp³-hybridized carbons (Fsp3) is 0.100. The van der Waals surface area contributed by atoms with Crippen molar-refractivity contribution in [1.29, 1.82) is 5.26 Å². The monoisotopic (exact) mass is 234 g/mol. The molecule has 0 aromatic carbocycles. The number of aromatic nitrogens is 1. The molecule has 1 unspecified atom stereocenters. The number of rotatable bonds is 3. The van der Waals surface area contributed by atoms with Crippen LogP contribution in [0.2, 0.25) is 0 Å². The number of nitriles is 1. The second-order valence-electron chi connectivity index (χ2n) is 2.81. The molecule has 0 aliphatic heterocycles. The van der Waals surface area contributed by atoms with Gasteiger partial charge in [-0.25, -0.2) is 0 Å². The van der Waals surface area contributed by atoms with Gasteiger partial charge in [0, 0.05) is 11.1 Å². The summed E-state index contributed by atoms with van der Waals surface area (Å²) in [6.45, 7) is 0. The van der Waals surface area contributed by atoms with E-state index < -0.39 is 5.92 Å². The van der Waals surface area contributed by atoms with Gasteiger partial charge in [-0.3, -0.25) is 9.78 Å². The first-order chi connectivity index (χ1) is 7.33. The lowest BCUT2D eigenvalue weighted by Gasteiger charge is -2.02. The number of nitrogens with zero attached hydrogens (tertiary/aromatic N) is 2. The third-order valence-electron chi connectivity index (χ3n) is 1.89. The van der Waals surface area contributed by atoms with Gasteiger partial charge in [-0.2, -0.15) is 5.26 Å². The molecule has 2 aromatic heterocycles. The smallest absolute Gasteiger partial charge is 0.196 e. The second-order valence-corrected chi connectivity index (χ2v) is 4.67. The largest absolute Gasteiger partial charge is 0.291 e. The Morgan fingerprint density at radius 3 is 2.93 bits per heavy atom. The van der Waals surface area contributed by atoms with E-state index in [0.717, 1.165) is 4.88 Å². The summed E-state index contributed by atoms with van der Waals surface area (Å²) in [5.74, 6) is -0.854. The Labute approximate surface area is 94.6 Å². The fourth-order valence-corrected chi connectivity index (χ4v) is 2.54. The number of thiophene rings is 1. The molecular weight excluding hydrogens is 228 g/mol. The fourth-order valence-electron chi connectivity index (χ4n) is 1.19. The minimum atomic E-state index is -0.689. The molecule has 2 rings (SSSR count). The van der Waals surface area contributed by atoms with E-state index >= 15 is 0 Å². The molecule has 0 saturated carbocycles. The highest BCUT2D eigenvalue weighted by atomic mass is 32.1. The minimum absolute atomic E-state index is 0.164. The second kappa shape index (κ2) is 4.34. The zero-order chi connectivity index (χ0) is 10.7. The summed E-state index contributed by atoms with van der Waals surface area (Å²) in [6, 6.07) is 5.67. The number of thiazole rings is 1. The third-order valence-corrected chi connectivity index (χ3v) is 3.62. The zero-order valence-electron chi connectivity index (χ0n) is 7.58. The summed E-state index contributed by atoms with van der Waals surface area (Å²) in [5.41, 5.74) is 1.59. The highest BCUT2D eigenvalue weighted by Gasteiger charge is 2.23. The number of carbonyl (C=O) groups excluding carboxylic acids is 1. The predicted molar refractivity (Wildman–Crippen MR) is 59.1 cm³/mol. The number of ketones is 1. The summed E-state index contributed by atoms with van der Waals surface area (Å²) >= 11 is 2.69. The molecule has 0 spiro atoms. The molecule has 0 fully saturated rings. The molecule has 0 aliphatic carbocycles. The highest BCUT2D eigenvalue weighted by Crippen LogP contribution is 2.25. The third kappa shape index (κ3) is 1.96. The van der Waals surface area contributed by atoms with Crippen molar-refractivity contribution < 1.29 is 4.79 Å². The lowest BCUT2D eigenvalue weighted by atomic mass is 10.0. The van der Waals surface area contributed by atoms with E-state index in [1.165, 1.54) is 28.9 Å². The van der Waals surface area contributed by atoms with Crippen molar-refractivity contribution in [2.45, 2.75) is 5.92 Å². The van der Waals surface area contributed by atoms with E-state index in [0.29, 0.717) is 4.88 Å². The molecule has 1 atom stereocenters. The van der Waals surface area contributed by atoms with Crippen LogP contribution in [0.3, 0.4) is 0 Å². The molecule has 3 nitrogen and oxygen atoms in total. The Hall–Kier alpha value is -1.51. The van der Waals surface area contributed by atoms with Crippen molar-refractivity contribution >= 4 is 28.5 Å². The Morgan fingerprint density at radius 1 is 1.53 bits per heavy atom. The Kier molecular flexibility index (Phi) is 2.90. The van der Waals surface area contributed by atoms with Crippen molar-refractivity contribution in [3.05, 3.63) is 39.0 Å². The molecule has 5 heteroatoms. The van der Waals surface area contributed by atoms with Crippen molar-refractivity contribution in [3.63, 3.8) is 0 Å². The van der Waals surface area contributed by atoms with Crippen LogP contribution >= 0.6 is 22.7 Å². The van der Waals surface area contributed by atoms with Gasteiger partial charge in [-0.05, 0) is 11.4 Å². The Morgan fingerprint density at radius 2 is 2.40 bits per heavy atom. The molecule has 0 bridgehead atoms. The van der Waals surface area contributed by atoms with Crippen LogP contribution in [-0.2, 0) is 0 Å². The van der Waals surface area contributed by atoms with E-state index in [1.54, 1.807) is 11.6 Å². The summed E-state index contributed by atoms with van der Waals surface area (Å²) in [5, 5.41) is 10.8. The van der Waals surface area contributed by atoms with Crippen molar-refractivity contribution in [3.8, 4) is 6.07 Å². The van der Waals surface area contributed by atoms with Crippen LogP contribution in [0.25, 0.3) is 0 Å². The molecule has 0 amide bonds. The van der Waals surface area contributed by atoms with E-state index in [1.807, 2.05) is 17.5 Å². The molecule has 2 aromatic rings. The van der Waals surface area contributed by atoms with Crippen LogP contribution in [0.15, 0.2) is 29.2 Å². The summed E-state index contributed by atoms with van der Waals surface area (Å²) in [6.07, 6.45) is 1.50. The van der Waals surface area contributed by atoms with Gasteiger partial charge in [0.2, 0.25) is 0 Å². The SMILES string of the molecule is N#CC(C(=O)c1cncs1)c1cccs1. The van der Waals surface area contributed by atoms with Gasteiger partial charge < -0.3 is 0 Å². The summed E-state index contributed by atoms with van der Waals surface area (Å²) < 4.78 is 0. The quantitative estimate of drug-likeness (QED) is 0.767. The number of carbonyl (C=O) groups is 1. The van der Waals surface area contributed by atoms with Crippen LogP contribution in [-0.4, -0.2) is 10.8 Å². The maximum absolute atomic E-state index is 11.9. The van der Waals surface area contributed by atoms with Gasteiger partial charge in [0.25, 0.3) is 0 Å². The maximum Gasteiger partial charge on any atom is 0.196 e. The Bertz CT molecular complexity index is 482. The van der Waals surface area contributed by atoms with E-state index in [-0.39, 0.29) is 5.78 Å². The van der Waals surface area contributed by atoms with Crippen LogP contribution in [0.1, 0.15) is 20.5 Å². The molecule has 74 valence electrons. The van der Waals surface area contributed by atoms with Gasteiger partial charge in [0.1, 0.15) is 5.92 Å². The topological polar surface area (TPSA) is 53.8 Å². The van der Waals surface area contributed by atoms with Crippen LogP contribution < -0.4 is 0 Å². The van der Waals surface area contributed by atoms with E-state index in [2.05, 4.69) is 4.98 Å². The average Bonchev–Trinajstić information content (AvgIpc) is 2.91. The zero-order valence-corrected chi connectivity index (χ0v) is 9.22. The minimum Gasteiger partial charge on any atom is -0.291 e. The predicted octanol–water partition coefficient (Wildman–Crippen LogP) is 2.69. The van der Waals surface area contributed by atoms with Crippen molar-refractivity contribution in [1.82, 2.24) is 4.98 Å². The van der Waals surface area contributed by atoms with Gasteiger partial charge in [-0.1, -0.05) is 6.07 Å². The lowest BCUT2D eigenvalue weighted by molar-refractivity contribution is 0.0983. The maximum atomic E-state index is 11.9. The first-order valence-electron chi connectivity index (χ1n) is 4.18. The average molecular weight is 234 g/mol. The number of Topliss-reactive ketones (excluding diaryl/α,β-unsaturated/α-hetero) is 1. The standard InChI is InChI=1S/C10H6N2OS2/c11-4-7(8-2-1-3-14-8)10(13)9-5-12-6-15-9/h1-3,5-7H. The highest BCUT2D eigenvalue weighted by molar-refractivity contribution is 7.12. The molecule has 2 heterocycles. The number of hydrogen-bond donors (Lipinski definition) is 0. The molecule has 0 aliphatic rings. The molecule has 0 saturated heterocycles. The van der Waals surface area contributed by atoms with Crippen LogP contribution in [0, 0.1) is 11.3 Å². The van der Waals surface area contributed by atoms with Crippen molar-refractivity contribution in [2.75, 3.05) is 0 Å². The van der Waals surface area contributed by atoms with Gasteiger partial charge >= 0.3 is 0 Å². The van der Waals surface area contributed by atoms with Gasteiger partial charge in [-0.15, -0.1) is 22.7 Å². The van der Waals surface area contributed by atoms with Crippen LogP contribution in [0.5, 0.6) is 0 Å². The molecule has 0 radical (unpaired) electrons. The van der Waals surface area contributed by atoms with E-state index in [9.17, 15) is 4.79 Å². The molecule has 15 heavy (non-hydrogen) atoms. The summed E-state index contributed by atoms with van der Waals surface area (Å²) in [7, 11) is 0. The van der Waals surface area contributed by atoms with E-state index in [4.69, 9.17) is 5.26 Å². The van der Waals surface area contributed by atoms with Gasteiger partial charge in [0.15, 0.2) is 5.78 Å². The number of hydrogen-bond acceptors (Lipinski definition) is 5. The normalized spacial score (nSPS) is 11.9. The van der Waals surface area contributed by atoms with Crippen molar-refractivity contribution in [2.24, 2.45) is 0 Å². The first-order valence-corrected chi connectivity index (χ1v) is 5.94. The summed E-state index contributed by atoms with van der Waals surface area (Å²) in [4.78, 5) is 17.0. The molecular formula is C10H6N2OS2. The first kappa shape index (κ1) is 10.0. The Balaban J connectivity index is 2.30. The molecule has 0 N–H and O–H groups in total. The van der Waals surface area contributed by atoms with Gasteiger partial charge in [0.05, 0.1) is 16.5 Å². The van der Waals surface area contributed by atoms with Crippen LogP contribution in [0.4, 0.5) is 0 Å². The lowest BCUT2D eigenvalue weighted by Crippen LogP contribution is -2.08.